The first-order valence-corrected chi connectivity index (χ1v) is 6.74. The Kier molecular flexibility index (Phi) is 10.2. The molecule has 0 bridgehead atoms. The van der Waals surface area contributed by atoms with Gasteiger partial charge in [0.1, 0.15) is 0 Å². The molecule has 0 aromatic rings. The van der Waals surface area contributed by atoms with E-state index >= 15 is 0 Å². The Morgan fingerprint density at radius 2 is 1.94 bits per heavy atom. The second kappa shape index (κ2) is 10.5. The van der Waals surface area contributed by atoms with Crippen LogP contribution in [0.4, 0.5) is 0 Å². The number of amides is 1. The van der Waals surface area contributed by atoms with Crippen molar-refractivity contribution in [3.8, 4) is 0 Å². The summed E-state index contributed by atoms with van der Waals surface area (Å²) in [6.07, 6.45) is 3.96. The summed E-state index contributed by atoms with van der Waals surface area (Å²) in [5.41, 5.74) is 0. The zero-order chi connectivity index (χ0) is 13.1. The molecule has 0 aliphatic heterocycles. The van der Waals surface area contributed by atoms with E-state index in [1.54, 1.807) is 0 Å². The van der Waals surface area contributed by atoms with E-state index < -0.39 is 0 Å². The minimum Gasteiger partial charge on any atom is -0.396 e. The summed E-state index contributed by atoms with van der Waals surface area (Å²) in [6.45, 7) is 7.66. The van der Waals surface area contributed by atoms with Gasteiger partial charge in [0.2, 0.25) is 5.91 Å². The van der Waals surface area contributed by atoms with Crippen LogP contribution in [-0.2, 0) is 4.79 Å². The lowest BCUT2D eigenvalue weighted by Gasteiger charge is -2.15. The summed E-state index contributed by atoms with van der Waals surface area (Å²) in [6, 6.07) is 0.304. The molecule has 0 rings (SSSR count). The first-order chi connectivity index (χ1) is 8.13. The van der Waals surface area contributed by atoms with Gasteiger partial charge in [-0.2, -0.15) is 0 Å². The quantitative estimate of drug-likeness (QED) is 0.507. The fourth-order valence-electron chi connectivity index (χ4n) is 1.64. The van der Waals surface area contributed by atoms with Crippen LogP contribution in [0, 0.1) is 5.92 Å². The molecule has 4 nitrogen and oxygen atoms in total. The molecule has 0 aliphatic rings. The van der Waals surface area contributed by atoms with E-state index in [-0.39, 0.29) is 12.5 Å². The Bertz CT molecular complexity index is 194. The minimum atomic E-state index is 0.0777. The Hall–Kier alpha value is -0.610. The molecule has 102 valence electrons. The van der Waals surface area contributed by atoms with E-state index in [9.17, 15) is 4.79 Å². The fraction of sp³-hybridized carbons (Fsp3) is 0.923. The number of nitrogens with one attached hydrogen (secondary N) is 2. The van der Waals surface area contributed by atoms with Crippen molar-refractivity contribution in [3.63, 3.8) is 0 Å². The topological polar surface area (TPSA) is 61.4 Å². The lowest BCUT2D eigenvalue weighted by molar-refractivity contribution is -0.121. The molecular formula is C13H28N2O2. The van der Waals surface area contributed by atoms with Crippen LogP contribution in [-0.4, -0.2) is 36.8 Å². The summed E-state index contributed by atoms with van der Waals surface area (Å²) in [5.74, 6) is 0.434. The van der Waals surface area contributed by atoms with Gasteiger partial charge in [-0.15, -0.1) is 0 Å². The van der Waals surface area contributed by atoms with Crippen molar-refractivity contribution < 1.29 is 9.90 Å². The van der Waals surface area contributed by atoms with E-state index in [0.29, 0.717) is 18.5 Å². The maximum absolute atomic E-state index is 11.5. The molecule has 0 radical (unpaired) electrons. The average Bonchev–Trinajstić information content (AvgIpc) is 2.35. The number of rotatable bonds is 10. The van der Waals surface area contributed by atoms with Gasteiger partial charge in [-0.3, -0.25) is 4.79 Å². The molecule has 0 aliphatic carbocycles. The molecule has 0 fully saturated rings. The summed E-state index contributed by atoms with van der Waals surface area (Å²) >= 11 is 0. The largest absolute Gasteiger partial charge is 0.396 e. The predicted octanol–water partition coefficient (Wildman–Crippen LogP) is 1.29. The van der Waals surface area contributed by atoms with Crippen molar-refractivity contribution >= 4 is 5.91 Å². The second-order valence-corrected chi connectivity index (χ2v) is 4.69. The highest BCUT2D eigenvalue weighted by Crippen LogP contribution is 2.02. The van der Waals surface area contributed by atoms with Crippen LogP contribution in [0.25, 0.3) is 0 Å². The maximum atomic E-state index is 11.5. The molecule has 0 aromatic heterocycles. The summed E-state index contributed by atoms with van der Waals surface area (Å²) in [4.78, 5) is 11.5. The van der Waals surface area contributed by atoms with Crippen LogP contribution in [0.3, 0.4) is 0 Å². The Labute approximate surface area is 105 Å². The normalized spacial score (nSPS) is 12.8. The van der Waals surface area contributed by atoms with E-state index in [4.69, 9.17) is 5.11 Å². The first-order valence-electron chi connectivity index (χ1n) is 6.74. The van der Waals surface area contributed by atoms with Crippen molar-refractivity contribution in [3.05, 3.63) is 0 Å². The Balaban J connectivity index is 3.45. The standard InChI is InChI=1S/C13H28N2O2/c1-4-12(5-2)15-13(17)9-14-8-6-7-11(3)10-16/h11-12,14,16H,4-10H2,1-3H3,(H,15,17). The van der Waals surface area contributed by atoms with Crippen molar-refractivity contribution in [1.82, 2.24) is 10.6 Å². The zero-order valence-electron chi connectivity index (χ0n) is 11.5. The highest BCUT2D eigenvalue weighted by molar-refractivity contribution is 5.78. The van der Waals surface area contributed by atoms with Gasteiger partial charge in [0.15, 0.2) is 0 Å². The lowest BCUT2D eigenvalue weighted by atomic mass is 10.1. The molecule has 4 heteroatoms. The van der Waals surface area contributed by atoms with Gasteiger partial charge in [0.05, 0.1) is 6.54 Å². The number of hydrogen-bond acceptors (Lipinski definition) is 3. The first kappa shape index (κ1) is 16.4. The van der Waals surface area contributed by atoms with Gasteiger partial charge < -0.3 is 15.7 Å². The second-order valence-electron chi connectivity index (χ2n) is 4.69. The maximum Gasteiger partial charge on any atom is 0.234 e. The molecular weight excluding hydrogens is 216 g/mol. The van der Waals surface area contributed by atoms with Crippen molar-refractivity contribution in [2.45, 2.75) is 52.5 Å². The SMILES string of the molecule is CCC(CC)NC(=O)CNCCCC(C)CO. The molecule has 0 aromatic carbocycles. The van der Waals surface area contributed by atoms with Gasteiger partial charge in [-0.1, -0.05) is 20.8 Å². The monoisotopic (exact) mass is 244 g/mol. The summed E-state index contributed by atoms with van der Waals surface area (Å²) in [5, 5.41) is 15.0. The lowest BCUT2D eigenvalue weighted by Crippen LogP contribution is -2.40. The Morgan fingerprint density at radius 3 is 2.47 bits per heavy atom. The van der Waals surface area contributed by atoms with E-state index in [1.165, 1.54) is 0 Å². The molecule has 3 N–H and O–H groups in total. The predicted molar refractivity (Wildman–Crippen MR) is 70.9 cm³/mol. The molecule has 0 saturated carbocycles. The van der Waals surface area contributed by atoms with Crippen LogP contribution in [0.2, 0.25) is 0 Å². The molecule has 0 saturated heterocycles. The number of aliphatic hydroxyl groups is 1. The van der Waals surface area contributed by atoms with Gasteiger partial charge in [0.25, 0.3) is 0 Å². The van der Waals surface area contributed by atoms with Gasteiger partial charge >= 0.3 is 0 Å². The third kappa shape index (κ3) is 9.12. The van der Waals surface area contributed by atoms with Crippen LogP contribution in [0.15, 0.2) is 0 Å². The molecule has 1 unspecified atom stereocenters. The van der Waals surface area contributed by atoms with Crippen LogP contribution >= 0.6 is 0 Å². The van der Waals surface area contributed by atoms with Gasteiger partial charge in [0, 0.05) is 12.6 Å². The number of hydrogen-bond donors (Lipinski definition) is 3. The van der Waals surface area contributed by atoms with Gasteiger partial charge in [-0.25, -0.2) is 0 Å². The van der Waals surface area contributed by atoms with Crippen molar-refractivity contribution in [1.29, 1.82) is 0 Å². The van der Waals surface area contributed by atoms with Crippen LogP contribution in [0.1, 0.15) is 46.5 Å². The molecule has 17 heavy (non-hydrogen) atoms. The molecule has 1 amide bonds. The van der Waals surface area contributed by atoms with E-state index in [2.05, 4.69) is 24.5 Å². The molecule has 0 heterocycles. The number of aliphatic hydroxyl groups excluding tert-OH is 1. The zero-order valence-corrected chi connectivity index (χ0v) is 11.5. The van der Waals surface area contributed by atoms with Crippen molar-refractivity contribution in [2.75, 3.05) is 19.7 Å². The summed E-state index contributed by atoms with van der Waals surface area (Å²) < 4.78 is 0. The number of carbonyl (C=O) groups excluding carboxylic acids is 1. The van der Waals surface area contributed by atoms with Crippen LogP contribution < -0.4 is 10.6 Å². The molecule has 1 atom stereocenters. The fourth-order valence-corrected chi connectivity index (χ4v) is 1.64. The molecule has 0 spiro atoms. The summed E-state index contributed by atoms with van der Waals surface area (Å²) in [7, 11) is 0. The smallest absolute Gasteiger partial charge is 0.234 e. The highest BCUT2D eigenvalue weighted by Gasteiger charge is 2.07. The Morgan fingerprint density at radius 1 is 1.29 bits per heavy atom. The number of carbonyl (C=O) groups is 1. The van der Waals surface area contributed by atoms with Crippen molar-refractivity contribution in [2.24, 2.45) is 5.92 Å². The third-order valence-corrected chi connectivity index (χ3v) is 3.00. The third-order valence-electron chi connectivity index (χ3n) is 3.00. The van der Waals surface area contributed by atoms with Gasteiger partial charge in [-0.05, 0) is 38.1 Å². The van der Waals surface area contributed by atoms with E-state index in [1.807, 2.05) is 6.92 Å². The average molecular weight is 244 g/mol. The van der Waals surface area contributed by atoms with Crippen LogP contribution in [0.5, 0.6) is 0 Å². The van der Waals surface area contributed by atoms with E-state index in [0.717, 1.165) is 32.2 Å². The highest BCUT2D eigenvalue weighted by atomic mass is 16.3. The minimum absolute atomic E-state index is 0.0777.